The molecule has 31 heavy (non-hydrogen) atoms. The summed E-state index contributed by atoms with van der Waals surface area (Å²) in [7, 11) is 0. The SMILES string of the molecule is CCNC(=NCc1ccc(-n2ccnc2C)c(F)c1)NC1CCN(c2ccccc2)C1. The quantitative estimate of drug-likeness (QED) is 0.472. The van der Waals surface area contributed by atoms with Gasteiger partial charge in [-0.25, -0.2) is 14.4 Å². The Balaban J connectivity index is 1.40. The van der Waals surface area contributed by atoms with Crippen molar-refractivity contribution in [1.82, 2.24) is 20.2 Å². The van der Waals surface area contributed by atoms with Gasteiger partial charge >= 0.3 is 0 Å². The van der Waals surface area contributed by atoms with Gasteiger partial charge in [-0.1, -0.05) is 24.3 Å². The summed E-state index contributed by atoms with van der Waals surface area (Å²) in [5.41, 5.74) is 2.57. The Kier molecular flexibility index (Phi) is 6.50. The van der Waals surface area contributed by atoms with Crippen molar-refractivity contribution in [3.8, 4) is 5.69 Å². The number of aliphatic imine (C=N–C) groups is 1. The third kappa shape index (κ3) is 5.05. The van der Waals surface area contributed by atoms with Gasteiger partial charge in [-0.05, 0) is 50.1 Å². The molecule has 4 rings (SSSR count). The number of nitrogens with zero attached hydrogens (tertiary/aromatic N) is 4. The largest absolute Gasteiger partial charge is 0.369 e. The minimum absolute atomic E-state index is 0.277. The molecule has 0 amide bonds. The number of imidazole rings is 1. The van der Waals surface area contributed by atoms with Gasteiger partial charge in [0, 0.05) is 43.8 Å². The van der Waals surface area contributed by atoms with E-state index in [0.717, 1.165) is 43.4 Å². The molecule has 0 spiro atoms. The monoisotopic (exact) mass is 420 g/mol. The summed E-state index contributed by atoms with van der Waals surface area (Å²) in [6, 6.07) is 16.0. The molecule has 0 aliphatic carbocycles. The summed E-state index contributed by atoms with van der Waals surface area (Å²) in [6.45, 7) is 7.03. The summed E-state index contributed by atoms with van der Waals surface area (Å²) in [6.07, 6.45) is 4.48. The average Bonchev–Trinajstić information content (AvgIpc) is 3.42. The highest BCUT2D eigenvalue weighted by Gasteiger charge is 2.23. The minimum Gasteiger partial charge on any atom is -0.369 e. The summed E-state index contributed by atoms with van der Waals surface area (Å²) in [4.78, 5) is 11.2. The van der Waals surface area contributed by atoms with Gasteiger partial charge in [0.2, 0.25) is 0 Å². The number of hydrogen-bond acceptors (Lipinski definition) is 3. The van der Waals surface area contributed by atoms with Crippen molar-refractivity contribution < 1.29 is 4.39 Å². The summed E-state index contributed by atoms with van der Waals surface area (Å²) >= 11 is 0. The van der Waals surface area contributed by atoms with E-state index in [1.54, 1.807) is 29.1 Å². The number of benzene rings is 2. The van der Waals surface area contributed by atoms with Gasteiger partial charge < -0.3 is 20.1 Å². The number of guanidine groups is 1. The van der Waals surface area contributed by atoms with Crippen LogP contribution >= 0.6 is 0 Å². The molecule has 1 aliphatic heterocycles. The van der Waals surface area contributed by atoms with Crippen LogP contribution in [0.15, 0.2) is 65.9 Å². The highest BCUT2D eigenvalue weighted by Crippen LogP contribution is 2.20. The Labute approximate surface area is 182 Å². The fourth-order valence-corrected chi connectivity index (χ4v) is 3.91. The Morgan fingerprint density at radius 1 is 1.23 bits per heavy atom. The van der Waals surface area contributed by atoms with Crippen LogP contribution in [-0.2, 0) is 6.54 Å². The standard InChI is InChI=1S/C24H29FN6/c1-3-26-24(29-20-11-13-30(17-20)21-7-5-4-6-8-21)28-16-19-9-10-23(22(25)15-19)31-14-12-27-18(31)2/h4-10,12,14-15,20H,3,11,13,16-17H2,1-2H3,(H2,26,28,29). The zero-order valence-electron chi connectivity index (χ0n) is 18.1. The number of hydrogen-bond donors (Lipinski definition) is 2. The molecule has 1 aromatic heterocycles. The lowest BCUT2D eigenvalue weighted by Crippen LogP contribution is -2.44. The van der Waals surface area contributed by atoms with Crippen molar-refractivity contribution in [3.63, 3.8) is 0 Å². The number of nitrogens with one attached hydrogen (secondary N) is 2. The fraction of sp³-hybridized carbons (Fsp3) is 0.333. The summed E-state index contributed by atoms with van der Waals surface area (Å²) in [5, 5.41) is 6.84. The van der Waals surface area contributed by atoms with Crippen LogP contribution in [0.25, 0.3) is 5.69 Å². The average molecular weight is 421 g/mol. The van der Waals surface area contributed by atoms with Crippen molar-refractivity contribution in [2.45, 2.75) is 32.9 Å². The highest BCUT2D eigenvalue weighted by molar-refractivity contribution is 5.80. The number of rotatable bonds is 6. The molecule has 0 saturated carbocycles. The van der Waals surface area contributed by atoms with E-state index >= 15 is 0 Å². The molecule has 0 bridgehead atoms. The van der Waals surface area contributed by atoms with Crippen LogP contribution in [0, 0.1) is 12.7 Å². The molecule has 3 aromatic rings. The van der Waals surface area contributed by atoms with Crippen molar-refractivity contribution in [2.75, 3.05) is 24.5 Å². The van der Waals surface area contributed by atoms with Gasteiger partial charge in [-0.15, -0.1) is 0 Å². The first kappa shape index (κ1) is 20.9. The molecular formula is C24H29FN6. The van der Waals surface area contributed by atoms with E-state index in [9.17, 15) is 4.39 Å². The number of aromatic nitrogens is 2. The topological polar surface area (TPSA) is 57.5 Å². The van der Waals surface area contributed by atoms with E-state index in [-0.39, 0.29) is 5.82 Å². The molecule has 1 unspecified atom stereocenters. The molecule has 6 nitrogen and oxygen atoms in total. The van der Waals surface area contributed by atoms with Gasteiger partial charge in [0.1, 0.15) is 11.6 Å². The van der Waals surface area contributed by atoms with E-state index < -0.39 is 0 Å². The first-order valence-electron chi connectivity index (χ1n) is 10.8. The molecule has 0 radical (unpaired) electrons. The first-order chi connectivity index (χ1) is 15.1. The molecule has 1 saturated heterocycles. The zero-order chi connectivity index (χ0) is 21.6. The van der Waals surface area contributed by atoms with Gasteiger partial charge in [-0.2, -0.15) is 0 Å². The summed E-state index contributed by atoms with van der Waals surface area (Å²) in [5.74, 6) is 1.24. The molecule has 1 atom stereocenters. The van der Waals surface area contributed by atoms with Crippen LogP contribution in [0.2, 0.25) is 0 Å². The van der Waals surface area contributed by atoms with Crippen LogP contribution in [0.4, 0.5) is 10.1 Å². The second kappa shape index (κ2) is 9.64. The lowest BCUT2D eigenvalue weighted by Gasteiger charge is -2.20. The smallest absolute Gasteiger partial charge is 0.191 e. The Bertz CT molecular complexity index is 1030. The van der Waals surface area contributed by atoms with E-state index in [2.05, 4.69) is 49.8 Å². The maximum atomic E-state index is 14.7. The maximum Gasteiger partial charge on any atom is 0.191 e. The molecule has 2 aromatic carbocycles. The number of para-hydroxylation sites is 1. The second-order valence-electron chi connectivity index (χ2n) is 7.74. The zero-order valence-corrected chi connectivity index (χ0v) is 18.1. The van der Waals surface area contributed by atoms with Gasteiger partial charge in [0.25, 0.3) is 0 Å². The Hall–Kier alpha value is -3.35. The number of anilines is 1. The van der Waals surface area contributed by atoms with Crippen molar-refractivity contribution in [1.29, 1.82) is 0 Å². The van der Waals surface area contributed by atoms with E-state index in [4.69, 9.17) is 0 Å². The lowest BCUT2D eigenvalue weighted by molar-refractivity contribution is 0.614. The molecular weight excluding hydrogens is 391 g/mol. The fourth-order valence-electron chi connectivity index (χ4n) is 3.91. The van der Waals surface area contributed by atoms with Gasteiger partial charge in [0.05, 0.1) is 12.2 Å². The second-order valence-corrected chi connectivity index (χ2v) is 7.74. The normalized spacial score (nSPS) is 16.5. The number of halogens is 1. The third-order valence-corrected chi connectivity index (χ3v) is 5.51. The Morgan fingerprint density at radius 3 is 2.77 bits per heavy atom. The molecule has 162 valence electrons. The minimum atomic E-state index is -0.277. The van der Waals surface area contributed by atoms with Crippen LogP contribution in [0.1, 0.15) is 24.7 Å². The first-order valence-corrected chi connectivity index (χ1v) is 10.8. The van der Waals surface area contributed by atoms with E-state index in [1.165, 1.54) is 5.69 Å². The van der Waals surface area contributed by atoms with Crippen molar-refractivity contribution >= 4 is 11.6 Å². The lowest BCUT2D eigenvalue weighted by atomic mass is 10.2. The van der Waals surface area contributed by atoms with Crippen LogP contribution in [0.3, 0.4) is 0 Å². The molecule has 1 aliphatic rings. The van der Waals surface area contributed by atoms with Crippen LogP contribution in [0.5, 0.6) is 0 Å². The van der Waals surface area contributed by atoms with Gasteiger partial charge in [-0.3, -0.25) is 0 Å². The van der Waals surface area contributed by atoms with Crippen LogP contribution < -0.4 is 15.5 Å². The molecule has 1 fully saturated rings. The van der Waals surface area contributed by atoms with E-state index in [0.29, 0.717) is 18.3 Å². The van der Waals surface area contributed by atoms with Crippen LogP contribution in [-0.4, -0.2) is 41.2 Å². The summed E-state index contributed by atoms with van der Waals surface area (Å²) < 4.78 is 16.4. The Morgan fingerprint density at radius 2 is 2.06 bits per heavy atom. The molecule has 2 N–H and O–H groups in total. The predicted molar refractivity (Wildman–Crippen MR) is 123 cm³/mol. The number of aryl methyl sites for hydroxylation is 1. The molecule has 7 heteroatoms. The highest BCUT2D eigenvalue weighted by atomic mass is 19.1. The van der Waals surface area contributed by atoms with Crippen molar-refractivity contribution in [3.05, 3.63) is 78.1 Å². The van der Waals surface area contributed by atoms with Crippen molar-refractivity contribution in [2.24, 2.45) is 4.99 Å². The van der Waals surface area contributed by atoms with Gasteiger partial charge in [0.15, 0.2) is 5.96 Å². The molecule has 2 heterocycles. The van der Waals surface area contributed by atoms with E-state index in [1.807, 2.05) is 26.0 Å². The third-order valence-electron chi connectivity index (χ3n) is 5.51. The predicted octanol–water partition coefficient (Wildman–Crippen LogP) is 3.65. The maximum absolute atomic E-state index is 14.7.